The average Bonchev–Trinajstić information content (AvgIpc) is 3.10. The standard InChI is InChI=1S/C29H29NO4/c1-18(2)17-34-23-12-8-11-22(16-23)27(31)25-26(21-9-6-5-7-10-21)30(29(33)28(25)32)24-15-19(3)13-14-20(24)4/h5-16,18,26,31H,17H2,1-4H3/b27-25+. The van der Waals surface area contributed by atoms with Gasteiger partial charge in [-0.2, -0.15) is 0 Å². The molecular weight excluding hydrogens is 426 g/mol. The van der Waals surface area contributed by atoms with E-state index in [9.17, 15) is 14.7 Å². The molecule has 1 unspecified atom stereocenters. The average molecular weight is 456 g/mol. The van der Waals surface area contributed by atoms with Crippen molar-refractivity contribution in [1.29, 1.82) is 0 Å². The predicted octanol–water partition coefficient (Wildman–Crippen LogP) is 5.96. The summed E-state index contributed by atoms with van der Waals surface area (Å²) in [4.78, 5) is 28.2. The highest BCUT2D eigenvalue weighted by molar-refractivity contribution is 6.51. The van der Waals surface area contributed by atoms with Gasteiger partial charge in [-0.25, -0.2) is 0 Å². The van der Waals surface area contributed by atoms with Gasteiger partial charge in [0, 0.05) is 11.3 Å². The monoisotopic (exact) mass is 455 g/mol. The van der Waals surface area contributed by atoms with Crippen LogP contribution in [0.2, 0.25) is 0 Å². The summed E-state index contributed by atoms with van der Waals surface area (Å²) in [5.41, 5.74) is 3.75. The first-order chi connectivity index (χ1) is 16.3. The molecule has 3 aromatic rings. The molecule has 1 aliphatic heterocycles. The second-order valence-corrected chi connectivity index (χ2v) is 9.10. The summed E-state index contributed by atoms with van der Waals surface area (Å²) in [5.74, 6) is -0.636. The Labute approximate surface area is 200 Å². The van der Waals surface area contributed by atoms with Crippen molar-refractivity contribution >= 4 is 23.1 Å². The molecule has 0 spiro atoms. The molecule has 0 aliphatic carbocycles. The zero-order valence-electron chi connectivity index (χ0n) is 19.9. The number of amides is 1. The van der Waals surface area contributed by atoms with Crippen LogP contribution in [0.3, 0.4) is 0 Å². The van der Waals surface area contributed by atoms with Crippen LogP contribution in [0.5, 0.6) is 5.75 Å². The third-order valence-electron chi connectivity index (χ3n) is 5.87. The van der Waals surface area contributed by atoms with Gasteiger partial charge in [-0.15, -0.1) is 0 Å². The number of hydrogen-bond acceptors (Lipinski definition) is 4. The molecule has 5 heteroatoms. The molecule has 34 heavy (non-hydrogen) atoms. The fourth-order valence-electron chi connectivity index (χ4n) is 4.16. The van der Waals surface area contributed by atoms with Gasteiger partial charge in [0.1, 0.15) is 11.5 Å². The maximum atomic E-state index is 13.3. The number of anilines is 1. The van der Waals surface area contributed by atoms with E-state index in [-0.39, 0.29) is 11.3 Å². The third kappa shape index (κ3) is 4.46. The SMILES string of the molecule is Cc1ccc(C)c(N2C(=O)C(=O)/C(=C(/O)c3cccc(OCC(C)C)c3)C2c2ccccc2)c1. The number of aliphatic hydroxyl groups excluding tert-OH is 1. The lowest BCUT2D eigenvalue weighted by molar-refractivity contribution is -0.132. The van der Waals surface area contributed by atoms with Crippen LogP contribution in [0.25, 0.3) is 5.76 Å². The minimum absolute atomic E-state index is 0.0677. The largest absolute Gasteiger partial charge is 0.507 e. The smallest absolute Gasteiger partial charge is 0.300 e. The van der Waals surface area contributed by atoms with Crippen LogP contribution in [0.4, 0.5) is 5.69 Å². The molecule has 1 amide bonds. The molecule has 1 atom stereocenters. The third-order valence-corrected chi connectivity index (χ3v) is 5.87. The Morgan fingerprint density at radius 3 is 2.41 bits per heavy atom. The van der Waals surface area contributed by atoms with Crippen LogP contribution >= 0.6 is 0 Å². The number of benzene rings is 3. The van der Waals surface area contributed by atoms with Gasteiger partial charge in [-0.05, 0) is 54.7 Å². The quantitative estimate of drug-likeness (QED) is 0.283. The van der Waals surface area contributed by atoms with Gasteiger partial charge in [-0.3, -0.25) is 14.5 Å². The number of nitrogens with zero attached hydrogens (tertiary/aromatic N) is 1. The molecule has 0 saturated carbocycles. The lowest BCUT2D eigenvalue weighted by Crippen LogP contribution is -2.30. The Bertz CT molecular complexity index is 1260. The number of aryl methyl sites for hydroxylation is 2. The number of carbonyl (C=O) groups excluding carboxylic acids is 2. The molecule has 1 heterocycles. The predicted molar refractivity (Wildman–Crippen MR) is 134 cm³/mol. The fraction of sp³-hybridized carbons (Fsp3) is 0.241. The molecule has 1 saturated heterocycles. The van der Waals surface area contributed by atoms with Crippen molar-refractivity contribution in [3.8, 4) is 5.75 Å². The minimum atomic E-state index is -0.748. The van der Waals surface area contributed by atoms with Crippen molar-refractivity contribution in [3.63, 3.8) is 0 Å². The zero-order chi connectivity index (χ0) is 24.4. The minimum Gasteiger partial charge on any atom is -0.507 e. The van der Waals surface area contributed by atoms with E-state index < -0.39 is 17.7 Å². The molecule has 5 nitrogen and oxygen atoms in total. The lowest BCUT2D eigenvalue weighted by atomic mass is 9.95. The van der Waals surface area contributed by atoms with Gasteiger partial charge in [0.05, 0.1) is 18.2 Å². The highest BCUT2D eigenvalue weighted by Crippen LogP contribution is 2.43. The van der Waals surface area contributed by atoms with E-state index in [0.29, 0.717) is 29.5 Å². The van der Waals surface area contributed by atoms with Gasteiger partial charge < -0.3 is 9.84 Å². The summed E-state index contributed by atoms with van der Waals surface area (Å²) in [5, 5.41) is 11.4. The van der Waals surface area contributed by atoms with Crippen LogP contribution in [-0.4, -0.2) is 23.4 Å². The lowest BCUT2D eigenvalue weighted by Gasteiger charge is -2.27. The van der Waals surface area contributed by atoms with Gasteiger partial charge in [-0.1, -0.05) is 68.4 Å². The van der Waals surface area contributed by atoms with E-state index in [1.807, 2.05) is 68.4 Å². The van der Waals surface area contributed by atoms with Gasteiger partial charge >= 0.3 is 0 Å². The highest BCUT2D eigenvalue weighted by atomic mass is 16.5. The number of hydrogen-bond donors (Lipinski definition) is 1. The summed E-state index contributed by atoms with van der Waals surface area (Å²) < 4.78 is 5.80. The van der Waals surface area contributed by atoms with Gasteiger partial charge in [0.15, 0.2) is 0 Å². The first kappa shape index (κ1) is 23.3. The molecule has 1 fully saturated rings. The van der Waals surface area contributed by atoms with E-state index in [1.54, 1.807) is 18.2 Å². The van der Waals surface area contributed by atoms with E-state index in [0.717, 1.165) is 16.7 Å². The summed E-state index contributed by atoms with van der Waals surface area (Å²) in [6.07, 6.45) is 0. The van der Waals surface area contributed by atoms with E-state index in [1.165, 1.54) is 4.90 Å². The Morgan fingerprint density at radius 1 is 0.971 bits per heavy atom. The zero-order valence-corrected chi connectivity index (χ0v) is 19.9. The number of ether oxygens (including phenoxy) is 1. The number of ketones is 1. The molecule has 0 bridgehead atoms. The van der Waals surface area contributed by atoms with Crippen LogP contribution in [-0.2, 0) is 9.59 Å². The van der Waals surface area contributed by atoms with Gasteiger partial charge in [0.25, 0.3) is 11.7 Å². The number of Topliss-reactive ketones (excluding diaryl/α,β-unsaturated/α-hetero) is 1. The molecule has 1 N–H and O–H groups in total. The van der Waals surface area contributed by atoms with Crippen molar-refractivity contribution < 1.29 is 19.4 Å². The Kier molecular flexibility index (Phi) is 6.55. The molecule has 0 aromatic heterocycles. The molecule has 1 aliphatic rings. The molecule has 3 aromatic carbocycles. The second-order valence-electron chi connectivity index (χ2n) is 9.10. The summed E-state index contributed by atoms with van der Waals surface area (Å²) >= 11 is 0. The summed E-state index contributed by atoms with van der Waals surface area (Å²) in [7, 11) is 0. The molecule has 0 radical (unpaired) electrons. The maximum absolute atomic E-state index is 13.3. The van der Waals surface area contributed by atoms with Crippen LogP contribution in [0.15, 0.2) is 78.4 Å². The summed E-state index contributed by atoms with van der Waals surface area (Å²) in [6, 6.07) is 21.4. The normalized spacial score (nSPS) is 17.4. The van der Waals surface area contributed by atoms with E-state index in [2.05, 4.69) is 13.8 Å². The Balaban J connectivity index is 1.88. The van der Waals surface area contributed by atoms with E-state index >= 15 is 0 Å². The maximum Gasteiger partial charge on any atom is 0.300 e. The Morgan fingerprint density at radius 2 is 1.71 bits per heavy atom. The van der Waals surface area contributed by atoms with Crippen molar-refractivity contribution in [2.45, 2.75) is 33.7 Å². The van der Waals surface area contributed by atoms with Crippen molar-refractivity contribution in [3.05, 3.63) is 101 Å². The molecule has 4 rings (SSSR count). The second kappa shape index (κ2) is 9.56. The van der Waals surface area contributed by atoms with Crippen molar-refractivity contribution in [2.24, 2.45) is 5.92 Å². The molecule has 174 valence electrons. The summed E-state index contributed by atoms with van der Waals surface area (Å²) in [6.45, 7) is 8.49. The van der Waals surface area contributed by atoms with E-state index in [4.69, 9.17) is 4.74 Å². The fourth-order valence-corrected chi connectivity index (χ4v) is 4.16. The highest BCUT2D eigenvalue weighted by Gasteiger charge is 2.47. The number of rotatable bonds is 6. The van der Waals surface area contributed by atoms with Crippen LogP contribution in [0, 0.1) is 19.8 Å². The molecular formula is C29H29NO4. The van der Waals surface area contributed by atoms with Crippen molar-refractivity contribution in [2.75, 3.05) is 11.5 Å². The van der Waals surface area contributed by atoms with Gasteiger partial charge in [0.2, 0.25) is 0 Å². The Hall–Kier alpha value is -3.86. The van der Waals surface area contributed by atoms with Crippen molar-refractivity contribution in [1.82, 2.24) is 0 Å². The van der Waals surface area contributed by atoms with Crippen LogP contribution in [0.1, 0.15) is 42.1 Å². The first-order valence-corrected chi connectivity index (χ1v) is 11.4. The topological polar surface area (TPSA) is 66.8 Å². The number of carbonyl (C=O) groups is 2. The van der Waals surface area contributed by atoms with Crippen LogP contribution < -0.4 is 9.64 Å². The first-order valence-electron chi connectivity index (χ1n) is 11.4. The number of aliphatic hydroxyl groups is 1.